The van der Waals surface area contributed by atoms with Gasteiger partial charge in [-0.15, -0.1) is 0 Å². The maximum atomic E-state index is 9.73. The molecule has 2 N–H and O–H groups in total. The zero-order valence-electron chi connectivity index (χ0n) is 16.0. The van der Waals surface area contributed by atoms with Crippen molar-refractivity contribution in [2.45, 2.75) is 12.5 Å². The van der Waals surface area contributed by atoms with E-state index >= 15 is 0 Å². The third-order valence-corrected chi connectivity index (χ3v) is 5.17. The van der Waals surface area contributed by atoms with Crippen LogP contribution < -0.4 is 24.7 Å². The van der Waals surface area contributed by atoms with Gasteiger partial charge < -0.3 is 24.7 Å². The van der Waals surface area contributed by atoms with Crippen molar-refractivity contribution in [2.75, 3.05) is 6.79 Å². The molecule has 30 heavy (non-hydrogen) atoms. The number of nitrogens with zero attached hydrogens (tertiary/aromatic N) is 1. The molecule has 3 aromatic rings. The predicted molar refractivity (Wildman–Crippen MR) is 109 cm³/mol. The first kappa shape index (κ1) is 18.0. The molecule has 3 aromatic carbocycles. The fraction of sp³-hybridized carbons (Fsp3) is 0.125. The van der Waals surface area contributed by atoms with Crippen LogP contribution in [0.1, 0.15) is 22.6 Å². The Morgan fingerprint density at radius 2 is 1.70 bits per heavy atom. The number of allylic oxidation sites excluding steroid dienone is 1. The molecule has 2 aliphatic heterocycles. The van der Waals surface area contributed by atoms with Crippen LogP contribution in [0.2, 0.25) is 0 Å². The van der Waals surface area contributed by atoms with E-state index in [9.17, 15) is 5.26 Å². The fourth-order valence-electron chi connectivity index (χ4n) is 3.69. The molecule has 0 aliphatic carbocycles. The molecule has 0 spiro atoms. The summed E-state index contributed by atoms with van der Waals surface area (Å²) >= 11 is 0. The van der Waals surface area contributed by atoms with Crippen LogP contribution in [-0.4, -0.2) is 6.79 Å². The Kier molecular flexibility index (Phi) is 4.41. The number of nitrogens with two attached hydrogens (primary N) is 1. The van der Waals surface area contributed by atoms with E-state index in [4.69, 9.17) is 24.7 Å². The average Bonchev–Trinajstić information content (AvgIpc) is 3.24. The maximum absolute atomic E-state index is 9.73. The molecule has 2 aliphatic rings. The molecule has 1 atom stereocenters. The summed E-state index contributed by atoms with van der Waals surface area (Å²) in [5.74, 6) is 2.27. The van der Waals surface area contributed by atoms with Gasteiger partial charge in [0.25, 0.3) is 0 Å². The number of hydrogen-bond acceptors (Lipinski definition) is 6. The highest BCUT2D eigenvalue weighted by atomic mass is 16.7. The van der Waals surface area contributed by atoms with E-state index in [-0.39, 0.29) is 18.6 Å². The molecule has 2 heterocycles. The number of benzene rings is 3. The Morgan fingerprint density at radius 3 is 2.43 bits per heavy atom. The van der Waals surface area contributed by atoms with Gasteiger partial charge >= 0.3 is 0 Å². The lowest BCUT2D eigenvalue weighted by Gasteiger charge is -2.26. The lowest BCUT2D eigenvalue weighted by molar-refractivity contribution is 0.174. The molecule has 148 valence electrons. The Balaban J connectivity index is 1.46. The van der Waals surface area contributed by atoms with Crippen LogP contribution in [0.15, 0.2) is 78.2 Å². The van der Waals surface area contributed by atoms with Crippen molar-refractivity contribution in [2.24, 2.45) is 5.73 Å². The first-order chi connectivity index (χ1) is 14.7. The van der Waals surface area contributed by atoms with Crippen molar-refractivity contribution < 1.29 is 18.9 Å². The van der Waals surface area contributed by atoms with E-state index in [1.807, 2.05) is 60.7 Å². The van der Waals surface area contributed by atoms with Crippen LogP contribution in [0, 0.1) is 11.3 Å². The summed E-state index contributed by atoms with van der Waals surface area (Å²) in [5, 5.41) is 9.73. The van der Waals surface area contributed by atoms with Crippen LogP contribution in [0.5, 0.6) is 23.0 Å². The molecule has 0 unspecified atom stereocenters. The monoisotopic (exact) mass is 398 g/mol. The first-order valence-corrected chi connectivity index (χ1v) is 9.51. The summed E-state index contributed by atoms with van der Waals surface area (Å²) in [6.07, 6.45) is 0. The molecule has 6 nitrogen and oxygen atoms in total. The van der Waals surface area contributed by atoms with Crippen molar-refractivity contribution in [3.05, 3.63) is 94.9 Å². The number of hydrogen-bond donors (Lipinski definition) is 1. The number of rotatable bonds is 4. The molecular weight excluding hydrogens is 380 g/mol. The zero-order chi connectivity index (χ0) is 20.5. The highest BCUT2D eigenvalue weighted by Crippen LogP contribution is 2.47. The van der Waals surface area contributed by atoms with Gasteiger partial charge in [0.15, 0.2) is 11.5 Å². The van der Waals surface area contributed by atoms with Crippen LogP contribution in [0.25, 0.3) is 0 Å². The first-order valence-electron chi connectivity index (χ1n) is 9.51. The van der Waals surface area contributed by atoms with Crippen molar-refractivity contribution >= 4 is 0 Å². The SMILES string of the molecule is N#CC1=C(N)Oc2cc3c(cc2[C@H]1c1ccc(OCc2ccccc2)cc1)OCO3. The van der Waals surface area contributed by atoms with Crippen LogP contribution in [0.3, 0.4) is 0 Å². The molecular formula is C24H18N2O4. The Bertz CT molecular complexity index is 1160. The summed E-state index contributed by atoms with van der Waals surface area (Å²) in [7, 11) is 0. The molecule has 0 saturated carbocycles. The second-order valence-electron chi connectivity index (χ2n) is 7.01. The van der Waals surface area contributed by atoms with Gasteiger partial charge in [-0.25, -0.2) is 0 Å². The van der Waals surface area contributed by atoms with Crippen molar-refractivity contribution in [3.8, 4) is 29.1 Å². The molecule has 0 fully saturated rings. The molecule has 0 bridgehead atoms. The van der Waals surface area contributed by atoms with Gasteiger partial charge in [0.1, 0.15) is 29.7 Å². The van der Waals surface area contributed by atoms with Gasteiger partial charge in [0.05, 0.1) is 5.92 Å². The van der Waals surface area contributed by atoms with Gasteiger partial charge in [0, 0.05) is 11.6 Å². The van der Waals surface area contributed by atoms with Crippen molar-refractivity contribution in [1.29, 1.82) is 5.26 Å². The van der Waals surface area contributed by atoms with Gasteiger partial charge in [-0.1, -0.05) is 42.5 Å². The smallest absolute Gasteiger partial charge is 0.231 e. The Hall–Kier alpha value is -4.11. The molecule has 0 saturated heterocycles. The summed E-state index contributed by atoms with van der Waals surface area (Å²) in [6.45, 7) is 0.643. The molecule has 0 aromatic heterocycles. The van der Waals surface area contributed by atoms with Crippen molar-refractivity contribution in [3.63, 3.8) is 0 Å². The van der Waals surface area contributed by atoms with Gasteiger partial charge in [-0.2, -0.15) is 5.26 Å². The summed E-state index contributed by atoms with van der Waals surface area (Å²) in [5.41, 5.74) is 9.23. The average molecular weight is 398 g/mol. The maximum Gasteiger partial charge on any atom is 0.231 e. The third kappa shape index (κ3) is 3.16. The van der Waals surface area contributed by atoms with E-state index < -0.39 is 0 Å². The Morgan fingerprint density at radius 1 is 0.967 bits per heavy atom. The van der Waals surface area contributed by atoms with E-state index in [1.54, 1.807) is 6.07 Å². The summed E-state index contributed by atoms with van der Waals surface area (Å²) in [6, 6.07) is 23.4. The summed E-state index contributed by atoms with van der Waals surface area (Å²) in [4.78, 5) is 0. The minimum atomic E-state index is -0.364. The van der Waals surface area contributed by atoms with Gasteiger partial charge in [-0.05, 0) is 29.3 Å². The highest BCUT2D eigenvalue weighted by molar-refractivity contribution is 5.61. The number of nitriles is 1. The van der Waals surface area contributed by atoms with Gasteiger partial charge in [0.2, 0.25) is 12.7 Å². The standard InChI is InChI=1S/C24H18N2O4/c25-12-19-23(18-10-21-22(29-14-28-21)11-20(18)30-24(19)26)16-6-8-17(9-7-16)27-13-15-4-2-1-3-5-15/h1-11,23H,13-14,26H2/t23-/m1/s1. The van der Waals surface area contributed by atoms with Gasteiger partial charge in [-0.3, -0.25) is 0 Å². The van der Waals surface area contributed by atoms with Crippen molar-refractivity contribution in [1.82, 2.24) is 0 Å². The second-order valence-corrected chi connectivity index (χ2v) is 7.01. The molecule has 0 amide bonds. The Labute approximate surface area is 173 Å². The topological polar surface area (TPSA) is 86.7 Å². The lowest BCUT2D eigenvalue weighted by atomic mass is 9.83. The summed E-state index contributed by atoms with van der Waals surface area (Å²) < 4.78 is 22.5. The van der Waals surface area contributed by atoms with Crippen LogP contribution in [-0.2, 0) is 6.61 Å². The van der Waals surface area contributed by atoms with Crippen LogP contribution >= 0.6 is 0 Å². The van der Waals surface area contributed by atoms with E-state index in [2.05, 4.69) is 6.07 Å². The quantitative estimate of drug-likeness (QED) is 0.708. The zero-order valence-corrected chi connectivity index (χ0v) is 16.0. The fourth-order valence-corrected chi connectivity index (χ4v) is 3.69. The van der Waals surface area contributed by atoms with E-state index in [1.165, 1.54) is 0 Å². The minimum Gasteiger partial charge on any atom is -0.489 e. The third-order valence-electron chi connectivity index (χ3n) is 5.17. The normalized spacial score (nSPS) is 16.4. The predicted octanol–water partition coefficient (Wildman–Crippen LogP) is 4.21. The van der Waals surface area contributed by atoms with E-state index in [0.717, 1.165) is 22.4 Å². The minimum absolute atomic E-state index is 0.0956. The van der Waals surface area contributed by atoms with E-state index in [0.29, 0.717) is 29.4 Å². The molecule has 5 rings (SSSR count). The largest absolute Gasteiger partial charge is 0.489 e. The van der Waals surface area contributed by atoms with Crippen LogP contribution in [0.4, 0.5) is 0 Å². The highest BCUT2D eigenvalue weighted by Gasteiger charge is 2.33. The molecule has 0 radical (unpaired) electrons. The second kappa shape index (κ2) is 7.37. The molecule has 6 heteroatoms. The number of ether oxygens (including phenoxy) is 4. The number of fused-ring (bicyclic) bond motifs is 2. The lowest BCUT2D eigenvalue weighted by Crippen LogP contribution is -2.21.